The highest BCUT2D eigenvalue weighted by molar-refractivity contribution is 5.78. The molecule has 2 aliphatic heterocycles. The van der Waals surface area contributed by atoms with Crippen LogP contribution in [0.2, 0.25) is 0 Å². The zero-order chi connectivity index (χ0) is 24.0. The monoisotopic (exact) mass is 467 g/mol. The van der Waals surface area contributed by atoms with Gasteiger partial charge >= 0.3 is 6.18 Å². The smallest absolute Gasteiger partial charge is 0.371 e. The van der Waals surface area contributed by atoms with Gasteiger partial charge in [0, 0.05) is 61.3 Å². The Morgan fingerprint density at radius 2 is 1.82 bits per heavy atom. The van der Waals surface area contributed by atoms with Crippen LogP contribution in [0.1, 0.15) is 34.6 Å². The van der Waals surface area contributed by atoms with E-state index in [1.807, 2.05) is 17.9 Å². The maximum absolute atomic E-state index is 13.0. The lowest BCUT2D eigenvalue weighted by atomic mass is 9.94. The van der Waals surface area contributed by atoms with Gasteiger partial charge in [0.1, 0.15) is 5.69 Å². The van der Waals surface area contributed by atoms with Crippen molar-refractivity contribution < 1.29 is 18.0 Å². The van der Waals surface area contributed by atoms with Crippen LogP contribution in [0.4, 0.5) is 18.9 Å². The lowest BCUT2D eigenvalue weighted by molar-refractivity contribution is -0.141. The SMILES string of the molecule is Cc1cc(C)c2c(n1)CN(C(=O)CC1CN(c3ccnc(-c4ccnc(C(F)(F)F)c4)c3)C1)C2. The van der Waals surface area contributed by atoms with Crippen LogP contribution >= 0.6 is 0 Å². The number of hydrogen-bond donors (Lipinski definition) is 0. The average molecular weight is 467 g/mol. The molecule has 1 fully saturated rings. The highest BCUT2D eigenvalue weighted by atomic mass is 19.4. The summed E-state index contributed by atoms with van der Waals surface area (Å²) in [6.45, 7) is 6.64. The van der Waals surface area contributed by atoms with E-state index in [1.165, 1.54) is 11.6 Å². The first-order chi connectivity index (χ1) is 16.2. The van der Waals surface area contributed by atoms with Gasteiger partial charge in [0.05, 0.1) is 17.9 Å². The van der Waals surface area contributed by atoms with Crippen LogP contribution in [0.5, 0.6) is 0 Å². The topological polar surface area (TPSA) is 62.2 Å². The van der Waals surface area contributed by atoms with E-state index >= 15 is 0 Å². The highest BCUT2D eigenvalue weighted by Gasteiger charge is 2.34. The molecule has 1 saturated heterocycles. The summed E-state index contributed by atoms with van der Waals surface area (Å²) in [7, 11) is 0. The Hall–Kier alpha value is -3.49. The molecule has 6 nitrogen and oxygen atoms in total. The molecule has 2 aliphatic rings. The highest BCUT2D eigenvalue weighted by Crippen LogP contribution is 2.33. The molecule has 3 aromatic heterocycles. The van der Waals surface area contributed by atoms with Crippen molar-refractivity contribution >= 4 is 11.6 Å². The number of halogens is 3. The van der Waals surface area contributed by atoms with E-state index in [4.69, 9.17) is 0 Å². The molecule has 0 radical (unpaired) electrons. The molecular formula is C25H24F3N5O. The number of carbonyl (C=O) groups excluding carboxylic acids is 1. The Bertz CT molecular complexity index is 1250. The summed E-state index contributed by atoms with van der Waals surface area (Å²) in [6.07, 6.45) is -1.29. The largest absolute Gasteiger partial charge is 0.433 e. The molecule has 9 heteroatoms. The van der Waals surface area contributed by atoms with Crippen molar-refractivity contribution in [3.05, 3.63) is 70.9 Å². The summed E-state index contributed by atoms with van der Waals surface area (Å²) in [5.41, 5.74) is 5.06. The Balaban J connectivity index is 1.20. The van der Waals surface area contributed by atoms with E-state index in [1.54, 1.807) is 12.3 Å². The number of carbonyl (C=O) groups is 1. The maximum atomic E-state index is 13.0. The fraction of sp³-hybridized carbons (Fsp3) is 0.360. The summed E-state index contributed by atoms with van der Waals surface area (Å²) < 4.78 is 39.0. The van der Waals surface area contributed by atoms with Gasteiger partial charge in [-0.3, -0.25) is 19.7 Å². The van der Waals surface area contributed by atoms with Crippen LogP contribution in [0, 0.1) is 19.8 Å². The Labute approximate surface area is 195 Å². The van der Waals surface area contributed by atoms with Gasteiger partial charge in [-0.1, -0.05) is 0 Å². The van der Waals surface area contributed by atoms with Crippen molar-refractivity contribution in [1.82, 2.24) is 19.9 Å². The van der Waals surface area contributed by atoms with Crippen molar-refractivity contribution in [2.45, 2.75) is 39.5 Å². The minimum Gasteiger partial charge on any atom is -0.371 e. The summed E-state index contributed by atoms with van der Waals surface area (Å²) >= 11 is 0. The number of aromatic nitrogens is 3. The van der Waals surface area contributed by atoms with Crippen molar-refractivity contribution in [1.29, 1.82) is 0 Å². The molecule has 0 atom stereocenters. The average Bonchev–Trinajstić information content (AvgIpc) is 3.20. The van der Waals surface area contributed by atoms with Crippen molar-refractivity contribution in [3.8, 4) is 11.3 Å². The van der Waals surface area contributed by atoms with Crippen LogP contribution in [0.15, 0.2) is 42.7 Å². The van der Waals surface area contributed by atoms with Crippen molar-refractivity contribution in [3.63, 3.8) is 0 Å². The number of hydrogen-bond acceptors (Lipinski definition) is 5. The molecule has 0 unspecified atom stereocenters. The van der Waals surface area contributed by atoms with Crippen molar-refractivity contribution in [2.24, 2.45) is 5.92 Å². The first-order valence-corrected chi connectivity index (χ1v) is 11.2. The summed E-state index contributed by atoms with van der Waals surface area (Å²) in [5, 5.41) is 0. The molecule has 1 amide bonds. The predicted octanol–water partition coefficient (Wildman–Crippen LogP) is 4.54. The first kappa shape index (κ1) is 22.3. The van der Waals surface area contributed by atoms with E-state index in [0.717, 1.165) is 48.0 Å². The van der Waals surface area contributed by atoms with Gasteiger partial charge in [-0.2, -0.15) is 13.2 Å². The van der Waals surface area contributed by atoms with Crippen LogP contribution in [0.3, 0.4) is 0 Å². The van der Waals surface area contributed by atoms with Gasteiger partial charge in [-0.15, -0.1) is 0 Å². The quantitative estimate of drug-likeness (QED) is 0.564. The Morgan fingerprint density at radius 1 is 1.06 bits per heavy atom. The van der Waals surface area contributed by atoms with Gasteiger partial charge in [-0.05, 0) is 55.3 Å². The zero-order valence-corrected chi connectivity index (χ0v) is 18.9. The molecule has 34 heavy (non-hydrogen) atoms. The maximum Gasteiger partial charge on any atom is 0.433 e. The molecule has 0 bridgehead atoms. The molecule has 3 aromatic rings. The number of pyridine rings is 3. The number of aryl methyl sites for hydroxylation is 2. The predicted molar refractivity (Wildman–Crippen MR) is 121 cm³/mol. The minimum absolute atomic E-state index is 0.131. The zero-order valence-electron chi connectivity index (χ0n) is 18.9. The summed E-state index contributed by atoms with van der Waals surface area (Å²) in [4.78, 5) is 29.1. The molecule has 5 rings (SSSR count). The standard InChI is InChI=1S/C25H24F3N5O/c1-15-7-16(2)31-22-14-33(13-20(15)22)24(34)8-17-11-32(12-17)19-4-6-29-21(10-19)18-3-5-30-23(9-18)25(26,27)28/h3-7,9-10,17H,8,11-14H2,1-2H3. The van der Waals surface area contributed by atoms with Crippen molar-refractivity contribution in [2.75, 3.05) is 18.0 Å². The van der Waals surface area contributed by atoms with E-state index in [-0.39, 0.29) is 11.8 Å². The second-order valence-electron chi connectivity index (χ2n) is 9.06. The molecule has 0 spiro atoms. The van der Waals surface area contributed by atoms with Gasteiger partial charge < -0.3 is 9.80 Å². The van der Waals surface area contributed by atoms with E-state index in [2.05, 4.69) is 32.8 Å². The number of rotatable bonds is 4. The number of anilines is 1. The molecule has 0 aliphatic carbocycles. The number of fused-ring (bicyclic) bond motifs is 1. The van der Waals surface area contributed by atoms with Crippen LogP contribution in [-0.2, 0) is 24.1 Å². The number of amides is 1. The Morgan fingerprint density at radius 3 is 2.59 bits per heavy atom. The molecule has 5 heterocycles. The third-order valence-electron chi connectivity index (χ3n) is 6.48. The lowest BCUT2D eigenvalue weighted by Crippen LogP contribution is -2.48. The summed E-state index contributed by atoms with van der Waals surface area (Å²) in [6, 6.07) is 8.19. The lowest BCUT2D eigenvalue weighted by Gasteiger charge is -2.41. The van der Waals surface area contributed by atoms with Crippen LogP contribution in [0.25, 0.3) is 11.3 Å². The first-order valence-electron chi connectivity index (χ1n) is 11.2. The van der Waals surface area contributed by atoms with Gasteiger partial charge in [0.25, 0.3) is 0 Å². The molecule has 0 saturated carbocycles. The van der Waals surface area contributed by atoms with Gasteiger partial charge in [0.2, 0.25) is 5.91 Å². The third-order valence-corrected chi connectivity index (χ3v) is 6.48. The molecule has 0 aromatic carbocycles. The normalized spacial score (nSPS) is 15.9. The molecule has 176 valence electrons. The van der Waals surface area contributed by atoms with Crippen LogP contribution < -0.4 is 4.90 Å². The minimum atomic E-state index is -4.50. The summed E-state index contributed by atoms with van der Waals surface area (Å²) in [5.74, 6) is 0.368. The fourth-order valence-electron chi connectivity index (χ4n) is 4.70. The number of alkyl halides is 3. The van der Waals surface area contributed by atoms with E-state index in [0.29, 0.717) is 30.8 Å². The van der Waals surface area contributed by atoms with Crippen LogP contribution in [-0.4, -0.2) is 38.8 Å². The number of nitrogens with zero attached hydrogens (tertiary/aromatic N) is 5. The van der Waals surface area contributed by atoms with Gasteiger partial charge in [0.15, 0.2) is 0 Å². The third kappa shape index (κ3) is 4.34. The second-order valence-corrected chi connectivity index (χ2v) is 9.06. The molecular weight excluding hydrogens is 443 g/mol. The molecule has 0 N–H and O–H groups in total. The van der Waals surface area contributed by atoms with Gasteiger partial charge in [-0.25, -0.2) is 0 Å². The fourth-order valence-corrected chi connectivity index (χ4v) is 4.70. The van der Waals surface area contributed by atoms with E-state index < -0.39 is 11.9 Å². The second kappa shape index (κ2) is 8.38. The van der Waals surface area contributed by atoms with E-state index in [9.17, 15) is 18.0 Å². The Kier molecular flexibility index (Phi) is 5.50.